The summed E-state index contributed by atoms with van der Waals surface area (Å²) in [5.41, 5.74) is 1.40. The van der Waals surface area contributed by atoms with Crippen molar-refractivity contribution < 1.29 is 9.18 Å². The number of fused-ring (bicyclic) bond motifs is 1. The molecule has 2 aromatic heterocycles. The number of hydrogen-bond acceptors (Lipinski definition) is 5. The van der Waals surface area contributed by atoms with Crippen LogP contribution in [0.5, 0.6) is 0 Å². The van der Waals surface area contributed by atoms with Gasteiger partial charge in [0.25, 0.3) is 0 Å². The van der Waals surface area contributed by atoms with E-state index < -0.39 is 6.04 Å². The number of carbonyl (C=O) groups excluding carboxylic acids is 1. The van der Waals surface area contributed by atoms with Crippen molar-refractivity contribution in [2.24, 2.45) is 7.05 Å². The van der Waals surface area contributed by atoms with E-state index in [4.69, 9.17) is 0 Å². The predicted molar refractivity (Wildman–Crippen MR) is 87.1 cm³/mol. The Bertz CT molecular complexity index is 924. The third-order valence-electron chi connectivity index (χ3n) is 4.12. The highest BCUT2D eigenvalue weighted by Gasteiger charge is 2.33. The van der Waals surface area contributed by atoms with Gasteiger partial charge >= 0.3 is 0 Å². The lowest BCUT2D eigenvalue weighted by Crippen LogP contribution is -2.33. The molecule has 1 N–H and O–H groups in total. The molecule has 122 valence electrons. The van der Waals surface area contributed by atoms with Crippen molar-refractivity contribution in [1.29, 1.82) is 0 Å². The van der Waals surface area contributed by atoms with E-state index in [1.807, 2.05) is 0 Å². The van der Waals surface area contributed by atoms with Crippen molar-refractivity contribution in [3.63, 3.8) is 0 Å². The minimum absolute atomic E-state index is 0.0498. The summed E-state index contributed by atoms with van der Waals surface area (Å²) < 4.78 is 15.2. The molecule has 1 atom stereocenters. The van der Waals surface area contributed by atoms with E-state index in [1.165, 1.54) is 18.5 Å². The second-order valence-electron chi connectivity index (χ2n) is 5.73. The quantitative estimate of drug-likeness (QED) is 0.793. The lowest BCUT2D eigenvalue weighted by molar-refractivity contribution is -0.117. The predicted octanol–water partition coefficient (Wildman–Crippen LogP) is 1.72. The van der Waals surface area contributed by atoms with Crippen LogP contribution >= 0.6 is 0 Å². The number of rotatable bonds is 3. The number of carbonyl (C=O) groups is 1. The van der Waals surface area contributed by atoms with Gasteiger partial charge in [0.15, 0.2) is 0 Å². The fourth-order valence-corrected chi connectivity index (χ4v) is 2.93. The fraction of sp³-hybridized carbons (Fsp3) is 0.250. The Hall–Kier alpha value is -3.03. The first-order valence-corrected chi connectivity index (χ1v) is 7.58. The van der Waals surface area contributed by atoms with E-state index in [-0.39, 0.29) is 11.7 Å². The number of halogens is 1. The molecule has 3 heterocycles. The first-order valence-electron chi connectivity index (χ1n) is 7.58. The van der Waals surface area contributed by atoms with Crippen molar-refractivity contribution in [3.05, 3.63) is 42.7 Å². The minimum Gasteiger partial charge on any atom is -0.358 e. The van der Waals surface area contributed by atoms with Crippen molar-refractivity contribution >= 4 is 28.3 Å². The normalized spacial score (nSPS) is 17.7. The number of aromatic nitrogens is 4. The number of amides is 1. The van der Waals surface area contributed by atoms with Gasteiger partial charge in [0.05, 0.1) is 17.4 Å². The maximum atomic E-state index is 13.5. The summed E-state index contributed by atoms with van der Waals surface area (Å²) in [4.78, 5) is 22.6. The van der Waals surface area contributed by atoms with Crippen molar-refractivity contribution in [2.45, 2.75) is 12.5 Å². The number of aryl methyl sites for hydroxylation is 1. The van der Waals surface area contributed by atoms with Crippen LogP contribution in [0.1, 0.15) is 6.42 Å². The van der Waals surface area contributed by atoms with Gasteiger partial charge < -0.3 is 10.2 Å². The minimum atomic E-state index is -0.411. The molecule has 1 fully saturated rings. The molecular weight excluding hydrogens is 311 g/mol. The zero-order valence-electron chi connectivity index (χ0n) is 13.0. The molecule has 4 rings (SSSR count). The van der Waals surface area contributed by atoms with E-state index in [9.17, 15) is 9.18 Å². The number of nitrogens with one attached hydrogen (secondary N) is 1. The smallest absolute Gasteiger partial charge is 0.249 e. The average molecular weight is 326 g/mol. The molecule has 0 bridgehead atoms. The van der Waals surface area contributed by atoms with Gasteiger partial charge in [-0.1, -0.05) is 0 Å². The highest BCUT2D eigenvalue weighted by molar-refractivity contribution is 6.02. The molecule has 0 aliphatic carbocycles. The first-order chi connectivity index (χ1) is 11.6. The monoisotopic (exact) mass is 326 g/mol. The van der Waals surface area contributed by atoms with Crippen LogP contribution in [0.3, 0.4) is 0 Å². The molecule has 1 aliphatic heterocycles. The van der Waals surface area contributed by atoms with E-state index in [0.29, 0.717) is 29.7 Å². The molecule has 1 saturated heterocycles. The van der Waals surface area contributed by atoms with Gasteiger partial charge in [-0.3, -0.25) is 9.48 Å². The topological polar surface area (TPSA) is 75.9 Å². The molecule has 1 aromatic carbocycles. The van der Waals surface area contributed by atoms with Crippen molar-refractivity contribution in [1.82, 2.24) is 19.7 Å². The van der Waals surface area contributed by atoms with Crippen LogP contribution in [0.4, 0.5) is 15.9 Å². The number of hydrogen-bond donors (Lipinski definition) is 1. The van der Waals surface area contributed by atoms with Crippen LogP contribution in [0.15, 0.2) is 36.9 Å². The second-order valence-corrected chi connectivity index (χ2v) is 5.73. The highest BCUT2D eigenvalue weighted by Crippen LogP contribution is 2.25. The molecule has 0 radical (unpaired) electrons. The molecule has 24 heavy (non-hydrogen) atoms. The van der Waals surface area contributed by atoms with E-state index in [0.717, 1.165) is 5.69 Å². The van der Waals surface area contributed by atoms with E-state index in [1.54, 1.807) is 35.1 Å². The summed E-state index contributed by atoms with van der Waals surface area (Å²) in [7, 11) is 1.81. The van der Waals surface area contributed by atoms with Crippen LogP contribution < -0.4 is 10.2 Å². The Morgan fingerprint density at radius 2 is 2.21 bits per heavy atom. The van der Waals surface area contributed by atoms with Gasteiger partial charge in [-0.2, -0.15) is 5.10 Å². The number of benzene rings is 1. The molecule has 0 saturated carbocycles. The van der Waals surface area contributed by atoms with Crippen LogP contribution in [-0.2, 0) is 11.8 Å². The number of nitrogens with zero attached hydrogens (tertiary/aromatic N) is 5. The highest BCUT2D eigenvalue weighted by atomic mass is 19.1. The Kier molecular flexibility index (Phi) is 3.37. The van der Waals surface area contributed by atoms with Gasteiger partial charge in [-0.05, 0) is 24.6 Å². The van der Waals surface area contributed by atoms with Gasteiger partial charge in [-0.15, -0.1) is 0 Å². The van der Waals surface area contributed by atoms with Gasteiger partial charge in [0, 0.05) is 25.2 Å². The molecular formula is C16H15FN6O. The molecule has 1 amide bonds. The molecule has 8 heteroatoms. The Morgan fingerprint density at radius 3 is 3.00 bits per heavy atom. The molecule has 1 unspecified atom stereocenters. The molecule has 7 nitrogen and oxygen atoms in total. The maximum absolute atomic E-state index is 13.5. The third-order valence-corrected chi connectivity index (χ3v) is 4.12. The van der Waals surface area contributed by atoms with Gasteiger partial charge in [0.2, 0.25) is 5.91 Å². The average Bonchev–Trinajstić information content (AvgIpc) is 3.14. The van der Waals surface area contributed by atoms with E-state index in [2.05, 4.69) is 20.4 Å². The lowest BCUT2D eigenvalue weighted by atomic mass is 10.2. The van der Waals surface area contributed by atoms with Crippen molar-refractivity contribution in [2.75, 3.05) is 16.8 Å². The van der Waals surface area contributed by atoms with Crippen LogP contribution in [0.25, 0.3) is 10.9 Å². The van der Waals surface area contributed by atoms with Crippen LogP contribution in [-0.4, -0.2) is 38.2 Å². The number of anilines is 2. The summed E-state index contributed by atoms with van der Waals surface area (Å²) in [6, 6.07) is 3.90. The third kappa shape index (κ3) is 2.45. The zero-order chi connectivity index (χ0) is 16.7. The SMILES string of the molecule is Cn1cc(N2CCC(Nc3ncnc4ccc(F)cc34)C2=O)cn1. The molecule has 3 aromatic rings. The Balaban J connectivity index is 1.60. The van der Waals surface area contributed by atoms with Crippen LogP contribution in [0, 0.1) is 5.82 Å². The summed E-state index contributed by atoms with van der Waals surface area (Å²) >= 11 is 0. The molecule has 1 aliphatic rings. The summed E-state index contributed by atoms with van der Waals surface area (Å²) in [6.07, 6.45) is 5.50. The zero-order valence-corrected chi connectivity index (χ0v) is 13.0. The first kappa shape index (κ1) is 14.6. The lowest BCUT2D eigenvalue weighted by Gasteiger charge is -2.16. The maximum Gasteiger partial charge on any atom is 0.249 e. The Labute approximate surface area is 137 Å². The molecule has 0 spiro atoms. The van der Waals surface area contributed by atoms with Gasteiger partial charge in [-0.25, -0.2) is 14.4 Å². The second kappa shape index (κ2) is 5.55. The largest absolute Gasteiger partial charge is 0.358 e. The van der Waals surface area contributed by atoms with Crippen LogP contribution in [0.2, 0.25) is 0 Å². The standard InChI is InChI=1S/C16H15FN6O/c1-22-8-11(7-20-22)23-5-4-14(16(23)24)21-15-12-6-10(17)2-3-13(12)18-9-19-15/h2-3,6-9,14H,4-5H2,1H3,(H,18,19,21). The van der Waals surface area contributed by atoms with Crippen molar-refractivity contribution in [3.8, 4) is 0 Å². The van der Waals surface area contributed by atoms with E-state index >= 15 is 0 Å². The summed E-state index contributed by atoms with van der Waals surface area (Å²) in [6.45, 7) is 0.597. The Morgan fingerprint density at radius 1 is 1.33 bits per heavy atom. The summed E-state index contributed by atoms with van der Waals surface area (Å²) in [5, 5.41) is 7.79. The summed E-state index contributed by atoms with van der Waals surface area (Å²) in [5.74, 6) is 0.0483. The van der Waals surface area contributed by atoms with Gasteiger partial charge in [0.1, 0.15) is 24.0 Å². The fourth-order valence-electron chi connectivity index (χ4n) is 2.93.